The molecule has 1 aromatic heterocycles. The molecule has 0 saturated carbocycles. The van der Waals surface area contributed by atoms with E-state index in [1.165, 1.54) is 6.20 Å². The number of hydrogen-bond donors (Lipinski definition) is 4. The summed E-state index contributed by atoms with van der Waals surface area (Å²) in [5, 5.41) is 12.0. The van der Waals surface area contributed by atoms with Gasteiger partial charge in [-0.25, -0.2) is 9.59 Å². The van der Waals surface area contributed by atoms with Crippen molar-refractivity contribution in [1.82, 2.24) is 20.9 Å². The van der Waals surface area contributed by atoms with Gasteiger partial charge in [0.25, 0.3) is 5.91 Å². The summed E-state index contributed by atoms with van der Waals surface area (Å²) >= 11 is 0. The molecular formula is C36H48N6O7. The summed E-state index contributed by atoms with van der Waals surface area (Å²) in [5.74, 6) is -0.723. The van der Waals surface area contributed by atoms with E-state index in [1.807, 2.05) is 54.6 Å². The number of pyridine rings is 1. The lowest BCUT2D eigenvalue weighted by molar-refractivity contribution is -0.145. The number of nitrogens with one attached hydrogen (secondary N) is 4. The fourth-order valence-electron chi connectivity index (χ4n) is 4.40. The summed E-state index contributed by atoms with van der Waals surface area (Å²) in [7, 11) is 0. The van der Waals surface area contributed by atoms with Crippen LogP contribution < -0.4 is 21.3 Å². The predicted octanol–water partition coefficient (Wildman–Crippen LogP) is 6.09. The quantitative estimate of drug-likeness (QED) is 0.0551. The average molecular weight is 677 g/mol. The van der Waals surface area contributed by atoms with E-state index >= 15 is 0 Å². The molecule has 13 nitrogen and oxygen atoms in total. The lowest BCUT2D eigenvalue weighted by atomic mass is 10.1. The van der Waals surface area contributed by atoms with Gasteiger partial charge in [0, 0.05) is 37.6 Å². The molecule has 0 radical (unpaired) electrons. The first-order chi connectivity index (χ1) is 23.2. The number of amides is 3. The molecule has 2 aromatic carbocycles. The first kappa shape index (κ1) is 38.2. The molecular weight excluding hydrogens is 628 g/mol. The number of para-hydroxylation sites is 1. The fourth-order valence-corrected chi connectivity index (χ4v) is 4.40. The number of carbonyl (C=O) groups excluding carboxylic acids is 4. The Bertz CT molecular complexity index is 1560. The monoisotopic (exact) mass is 676 g/mol. The van der Waals surface area contributed by atoms with Crippen LogP contribution in [0.1, 0.15) is 83.1 Å². The highest BCUT2D eigenvalue weighted by Gasteiger charge is 2.21. The number of hydrogen-bond acceptors (Lipinski definition) is 10. The van der Waals surface area contributed by atoms with Crippen molar-refractivity contribution < 1.29 is 33.4 Å². The number of rotatable bonds is 13. The zero-order valence-corrected chi connectivity index (χ0v) is 29.2. The fraction of sp³-hybridized carbons (Fsp3) is 0.444. The van der Waals surface area contributed by atoms with Gasteiger partial charge in [0.1, 0.15) is 17.8 Å². The molecule has 3 amide bonds. The van der Waals surface area contributed by atoms with Gasteiger partial charge in [0.2, 0.25) is 5.96 Å². The van der Waals surface area contributed by atoms with E-state index in [0.717, 1.165) is 16.5 Å². The molecule has 0 aliphatic carbocycles. The lowest BCUT2D eigenvalue weighted by Gasteiger charge is -2.22. The molecule has 0 aliphatic heterocycles. The minimum Gasteiger partial charge on any atom is -0.461 e. The van der Waals surface area contributed by atoms with Gasteiger partial charge in [-0.05, 0) is 72.4 Å². The highest BCUT2D eigenvalue weighted by atomic mass is 16.6. The van der Waals surface area contributed by atoms with E-state index in [1.54, 1.807) is 41.5 Å². The minimum absolute atomic E-state index is 0.0833. The third-order valence-electron chi connectivity index (χ3n) is 6.50. The first-order valence-corrected chi connectivity index (χ1v) is 16.3. The summed E-state index contributed by atoms with van der Waals surface area (Å²) in [6.45, 7) is 11.7. The van der Waals surface area contributed by atoms with Gasteiger partial charge in [-0.1, -0.05) is 48.5 Å². The Morgan fingerprint density at radius 2 is 1.41 bits per heavy atom. The van der Waals surface area contributed by atoms with Crippen LogP contribution in [0, 0.1) is 0 Å². The topological polar surface area (TPSA) is 169 Å². The van der Waals surface area contributed by atoms with Crippen LogP contribution in [0.4, 0.5) is 15.3 Å². The zero-order valence-electron chi connectivity index (χ0n) is 29.2. The van der Waals surface area contributed by atoms with E-state index in [9.17, 15) is 19.2 Å². The Hall–Kier alpha value is -5.20. The number of nitrogens with zero attached hydrogens (tertiary/aromatic N) is 2. The Balaban J connectivity index is 1.55. The molecule has 0 fully saturated rings. The number of aliphatic imine (C=N–C) groups is 1. The molecule has 1 heterocycles. The molecule has 4 N–H and O–H groups in total. The summed E-state index contributed by atoms with van der Waals surface area (Å²) in [6, 6.07) is 17.0. The summed E-state index contributed by atoms with van der Waals surface area (Å²) < 4.78 is 15.9. The summed E-state index contributed by atoms with van der Waals surface area (Å²) in [4.78, 5) is 58.8. The Morgan fingerprint density at radius 3 is 2.06 bits per heavy atom. The van der Waals surface area contributed by atoms with Crippen molar-refractivity contribution >= 4 is 46.6 Å². The van der Waals surface area contributed by atoms with Crippen LogP contribution in [0.25, 0.3) is 10.9 Å². The Morgan fingerprint density at radius 1 is 0.776 bits per heavy atom. The molecule has 0 atom stereocenters. The maximum atomic E-state index is 13.2. The van der Waals surface area contributed by atoms with Crippen molar-refractivity contribution in [3.05, 3.63) is 71.9 Å². The van der Waals surface area contributed by atoms with Crippen LogP contribution in [-0.2, 0) is 25.6 Å². The van der Waals surface area contributed by atoms with E-state index < -0.39 is 23.4 Å². The Labute approximate surface area is 287 Å². The number of anilines is 1. The van der Waals surface area contributed by atoms with Crippen LogP contribution in [0.2, 0.25) is 0 Å². The summed E-state index contributed by atoms with van der Waals surface area (Å²) in [5.41, 5.74) is 1.20. The number of fused-ring (bicyclic) bond motifs is 1. The molecule has 49 heavy (non-hydrogen) atoms. The molecule has 0 bridgehead atoms. The SMILES string of the molecule is CC(C)(C)OC(=O)NC(=NCCCCNc1c(C(=O)NCCCC(=O)OCc2ccccc2)cnc2ccccc12)NC(=O)OC(C)(C)C. The van der Waals surface area contributed by atoms with Gasteiger partial charge in [-0.15, -0.1) is 0 Å². The van der Waals surface area contributed by atoms with Crippen LogP contribution in [0.3, 0.4) is 0 Å². The number of alkyl carbamates (subject to hydrolysis) is 2. The van der Waals surface area contributed by atoms with Gasteiger partial charge in [-0.2, -0.15) is 0 Å². The van der Waals surface area contributed by atoms with Crippen molar-refractivity contribution in [2.75, 3.05) is 25.0 Å². The van der Waals surface area contributed by atoms with Gasteiger partial charge in [0.15, 0.2) is 0 Å². The molecule has 0 spiro atoms. The van der Waals surface area contributed by atoms with Crippen LogP contribution in [0.5, 0.6) is 0 Å². The number of aromatic nitrogens is 1. The van der Waals surface area contributed by atoms with Crippen LogP contribution in [-0.4, -0.2) is 65.8 Å². The molecule has 3 aromatic rings. The molecule has 0 aliphatic rings. The third kappa shape index (κ3) is 14.6. The van der Waals surface area contributed by atoms with Crippen LogP contribution >= 0.6 is 0 Å². The normalized spacial score (nSPS) is 11.2. The largest absolute Gasteiger partial charge is 0.461 e. The molecule has 0 unspecified atom stereocenters. The van der Waals surface area contributed by atoms with Crippen molar-refractivity contribution in [2.24, 2.45) is 4.99 Å². The van der Waals surface area contributed by atoms with Crippen LogP contribution in [0.15, 0.2) is 65.8 Å². The molecule has 0 saturated heterocycles. The van der Waals surface area contributed by atoms with Gasteiger partial charge in [-0.3, -0.25) is 30.2 Å². The van der Waals surface area contributed by atoms with E-state index in [-0.39, 0.29) is 37.4 Å². The number of esters is 1. The number of guanidine groups is 1. The van der Waals surface area contributed by atoms with Gasteiger partial charge < -0.3 is 24.8 Å². The predicted molar refractivity (Wildman–Crippen MR) is 188 cm³/mol. The number of unbranched alkanes of at least 4 members (excludes halogenated alkanes) is 1. The standard InChI is InChI=1S/C36H48N6O7/c1-35(2,3)48-33(45)41-32(42-34(46)49-36(4,5)6)39-21-13-12-20-37-30-26-17-10-11-18-28(26)40-23-27(30)31(44)38-22-14-19-29(43)47-24-25-15-8-7-9-16-25/h7-11,15-18,23H,12-14,19-22,24H2,1-6H3,(H,37,40)(H,38,44)(H2,39,41,42,45,46). The molecule has 3 rings (SSSR count). The van der Waals surface area contributed by atoms with Crippen molar-refractivity contribution in [1.29, 1.82) is 0 Å². The second-order valence-corrected chi connectivity index (χ2v) is 13.2. The smallest absolute Gasteiger partial charge is 0.414 e. The van der Waals surface area contributed by atoms with E-state index in [2.05, 4.69) is 31.2 Å². The highest BCUT2D eigenvalue weighted by Crippen LogP contribution is 2.26. The minimum atomic E-state index is -0.762. The number of benzene rings is 2. The maximum Gasteiger partial charge on any atom is 0.414 e. The second kappa shape index (κ2) is 18.4. The number of carbonyl (C=O) groups is 4. The summed E-state index contributed by atoms with van der Waals surface area (Å²) in [6.07, 6.45) is 1.86. The Kier molecular flexibility index (Phi) is 14.3. The van der Waals surface area contributed by atoms with Crippen molar-refractivity contribution in [2.45, 2.75) is 85.0 Å². The first-order valence-electron chi connectivity index (χ1n) is 16.3. The maximum absolute atomic E-state index is 13.2. The zero-order chi connectivity index (χ0) is 35.9. The number of ether oxygens (including phenoxy) is 3. The van der Waals surface area contributed by atoms with Gasteiger partial charge >= 0.3 is 18.2 Å². The second-order valence-electron chi connectivity index (χ2n) is 13.2. The van der Waals surface area contributed by atoms with E-state index in [4.69, 9.17) is 14.2 Å². The lowest BCUT2D eigenvalue weighted by Crippen LogP contribution is -2.47. The van der Waals surface area contributed by atoms with Crippen molar-refractivity contribution in [3.63, 3.8) is 0 Å². The van der Waals surface area contributed by atoms with Gasteiger partial charge in [0.05, 0.1) is 16.8 Å². The van der Waals surface area contributed by atoms with E-state index in [0.29, 0.717) is 43.6 Å². The average Bonchev–Trinajstić information content (AvgIpc) is 3.02. The molecule has 264 valence electrons. The highest BCUT2D eigenvalue weighted by molar-refractivity contribution is 6.07. The molecule has 13 heteroatoms. The van der Waals surface area contributed by atoms with Crippen molar-refractivity contribution in [3.8, 4) is 0 Å². The third-order valence-corrected chi connectivity index (χ3v) is 6.50.